The van der Waals surface area contributed by atoms with Crippen molar-refractivity contribution >= 4 is 16.8 Å². The Hall–Kier alpha value is -0.300. The summed E-state index contributed by atoms with van der Waals surface area (Å²) in [6.45, 7) is 2.28. The van der Waals surface area contributed by atoms with Crippen molar-refractivity contribution in [3.63, 3.8) is 0 Å². The number of carbonyl (C=O) groups is 1. The van der Waals surface area contributed by atoms with Crippen LogP contribution in [0.2, 0.25) is 0 Å². The molecule has 2 heteroatoms. The van der Waals surface area contributed by atoms with Crippen molar-refractivity contribution in [1.82, 2.24) is 0 Å². The van der Waals surface area contributed by atoms with Crippen molar-refractivity contribution in [1.29, 1.82) is 0 Å². The van der Waals surface area contributed by atoms with E-state index in [4.69, 9.17) is 11.6 Å². The van der Waals surface area contributed by atoms with E-state index >= 15 is 0 Å². The summed E-state index contributed by atoms with van der Waals surface area (Å²) < 4.78 is 0. The Labute approximate surface area is 156 Å². The number of unbranched alkanes of at least 4 members (excludes halogenated alkanes) is 15. The maximum Gasteiger partial charge on any atom is 0.221 e. The Morgan fingerprint density at radius 2 is 1.00 bits per heavy atom. The van der Waals surface area contributed by atoms with Gasteiger partial charge in [-0.2, -0.15) is 0 Å². The first-order valence-electron chi connectivity index (χ1n) is 10.6. The fourth-order valence-electron chi connectivity index (χ4n) is 3.04. The number of allylic oxidation sites excluding steroid dienone is 2. The summed E-state index contributed by atoms with van der Waals surface area (Å²) in [6.07, 6.45) is 27.8. The zero-order valence-corrected chi connectivity index (χ0v) is 16.9. The minimum atomic E-state index is -0.184. The Morgan fingerprint density at radius 3 is 1.42 bits per heavy atom. The standard InChI is InChI=1S/C22H41ClO/c1-2-3-4-5-6-7-8-9-10-11-12-13-14-15-16-17-18-19-20-21-22(23)24/h9-10H,2-8,11-21H2,1H3/b10-9-. The van der Waals surface area contributed by atoms with Gasteiger partial charge in [0.25, 0.3) is 0 Å². The van der Waals surface area contributed by atoms with Crippen LogP contribution in [0, 0.1) is 0 Å². The highest BCUT2D eigenvalue weighted by Gasteiger charge is 1.96. The molecule has 0 amide bonds. The molecule has 0 aromatic carbocycles. The second-order valence-electron chi connectivity index (χ2n) is 7.10. The molecular weight excluding hydrogens is 316 g/mol. The van der Waals surface area contributed by atoms with Crippen molar-refractivity contribution < 1.29 is 4.79 Å². The molecule has 142 valence electrons. The van der Waals surface area contributed by atoms with Gasteiger partial charge in [0.2, 0.25) is 5.24 Å². The van der Waals surface area contributed by atoms with E-state index in [1.54, 1.807) is 0 Å². The van der Waals surface area contributed by atoms with Gasteiger partial charge >= 0.3 is 0 Å². The highest BCUT2D eigenvalue weighted by atomic mass is 35.5. The summed E-state index contributed by atoms with van der Waals surface area (Å²) in [4.78, 5) is 10.6. The lowest BCUT2D eigenvalue weighted by Crippen LogP contribution is -1.86. The maximum absolute atomic E-state index is 10.6. The third kappa shape index (κ3) is 21.7. The molecule has 0 atom stereocenters. The van der Waals surface area contributed by atoms with Gasteiger partial charge in [0.1, 0.15) is 0 Å². The molecule has 0 unspecified atom stereocenters. The average molecular weight is 357 g/mol. The van der Waals surface area contributed by atoms with Crippen molar-refractivity contribution in [2.24, 2.45) is 0 Å². The molecule has 0 aliphatic carbocycles. The molecule has 0 aliphatic rings. The average Bonchev–Trinajstić information content (AvgIpc) is 2.56. The normalized spacial score (nSPS) is 11.4. The molecule has 24 heavy (non-hydrogen) atoms. The smallest absolute Gasteiger partial charge is 0.221 e. The quantitative estimate of drug-likeness (QED) is 0.129. The second-order valence-corrected chi connectivity index (χ2v) is 7.53. The molecule has 0 aromatic heterocycles. The lowest BCUT2D eigenvalue weighted by atomic mass is 10.1. The van der Waals surface area contributed by atoms with E-state index in [9.17, 15) is 4.79 Å². The van der Waals surface area contributed by atoms with Crippen molar-refractivity contribution in [3.8, 4) is 0 Å². The largest absolute Gasteiger partial charge is 0.281 e. The van der Waals surface area contributed by atoms with Gasteiger partial charge in [-0.3, -0.25) is 4.79 Å². The minimum Gasteiger partial charge on any atom is -0.281 e. The van der Waals surface area contributed by atoms with Crippen LogP contribution in [0.15, 0.2) is 12.2 Å². The van der Waals surface area contributed by atoms with Crippen LogP contribution < -0.4 is 0 Å². The van der Waals surface area contributed by atoms with Gasteiger partial charge in [0.15, 0.2) is 0 Å². The Bertz CT molecular complexity index is 286. The molecule has 0 fully saturated rings. The van der Waals surface area contributed by atoms with E-state index < -0.39 is 0 Å². The van der Waals surface area contributed by atoms with Crippen LogP contribution in [0.5, 0.6) is 0 Å². The van der Waals surface area contributed by atoms with Gasteiger partial charge in [-0.15, -0.1) is 0 Å². The van der Waals surface area contributed by atoms with Crippen molar-refractivity contribution in [2.75, 3.05) is 0 Å². The van der Waals surface area contributed by atoms with Gasteiger partial charge in [-0.05, 0) is 43.7 Å². The maximum atomic E-state index is 10.6. The van der Waals surface area contributed by atoms with E-state index in [2.05, 4.69) is 19.1 Å². The lowest BCUT2D eigenvalue weighted by Gasteiger charge is -2.01. The third-order valence-electron chi connectivity index (χ3n) is 4.64. The number of hydrogen-bond acceptors (Lipinski definition) is 1. The summed E-state index contributed by atoms with van der Waals surface area (Å²) in [7, 11) is 0. The third-order valence-corrected chi connectivity index (χ3v) is 4.82. The van der Waals surface area contributed by atoms with E-state index in [0.717, 1.165) is 12.8 Å². The molecule has 0 N–H and O–H groups in total. The van der Waals surface area contributed by atoms with Gasteiger partial charge in [-0.25, -0.2) is 0 Å². The van der Waals surface area contributed by atoms with Crippen LogP contribution in [0.25, 0.3) is 0 Å². The molecule has 0 saturated carbocycles. The SMILES string of the molecule is CCCCCCCC/C=C\CCCCCCCCCCCC(=O)Cl. The predicted octanol–water partition coefficient (Wildman–Crippen LogP) is 8.35. The van der Waals surface area contributed by atoms with Gasteiger partial charge in [0, 0.05) is 6.42 Å². The first-order valence-corrected chi connectivity index (χ1v) is 11.0. The molecule has 1 nitrogen and oxygen atoms in total. The van der Waals surface area contributed by atoms with E-state index in [1.807, 2.05) is 0 Å². The molecule has 0 aliphatic heterocycles. The first kappa shape index (κ1) is 23.7. The fraction of sp³-hybridized carbons (Fsp3) is 0.864. The zero-order chi connectivity index (χ0) is 17.7. The Balaban J connectivity index is 3.06. The molecule has 0 spiro atoms. The number of hydrogen-bond donors (Lipinski definition) is 0. The van der Waals surface area contributed by atoms with E-state index in [1.165, 1.54) is 96.3 Å². The van der Waals surface area contributed by atoms with Crippen LogP contribution in [-0.2, 0) is 4.79 Å². The fourth-order valence-corrected chi connectivity index (χ4v) is 3.18. The van der Waals surface area contributed by atoms with Crippen LogP contribution in [0.3, 0.4) is 0 Å². The summed E-state index contributed by atoms with van der Waals surface area (Å²) >= 11 is 5.32. The molecular formula is C22H41ClO. The Morgan fingerprint density at radius 1 is 0.625 bits per heavy atom. The first-order chi connectivity index (χ1) is 11.8. The van der Waals surface area contributed by atoms with E-state index in [0.29, 0.717) is 6.42 Å². The number of carbonyl (C=O) groups excluding carboxylic acids is 1. The van der Waals surface area contributed by atoms with Gasteiger partial charge in [0.05, 0.1) is 0 Å². The highest BCUT2D eigenvalue weighted by Crippen LogP contribution is 2.12. The lowest BCUT2D eigenvalue weighted by molar-refractivity contribution is -0.111. The second kappa shape index (κ2) is 20.7. The van der Waals surface area contributed by atoms with Gasteiger partial charge < -0.3 is 0 Å². The zero-order valence-electron chi connectivity index (χ0n) is 16.2. The van der Waals surface area contributed by atoms with Crippen LogP contribution >= 0.6 is 11.6 Å². The van der Waals surface area contributed by atoms with Crippen LogP contribution in [0.1, 0.15) is 122 Å². The summed E-state index contributed by atoms with van der Waals surface area (Å²) in [6, 6.07) is 0. The number of rotatable bonds is 19. The monoisotopic (exact) mass is 356 g/mol. The van der Waals surface area contributed by atoms with Crippen LogP contribution in [-0.4, -0.2) is 5.24 Å². The number of halogens is 1. The summed E-state index contributed by atoms with van der Waals surface area (Å²) in [5.74, 6) is 0. The predicted molar refractivity (Wildman–Crippen MR) is 109 cm³/mol. The Kier molecular flexibility index (Phi) is 20.5. The van der Waals surface area contributed by atoms with Gasteiger partial charge in [-0.1, -0.05) is 96.1 Å². The summed E-state index contributed by atoms with van der Waals surface area (Å²) in [5, 5.41) is -0.184. The molecule has 0 heterocycles. The van der Waals surface area contributed by atoms with Crippen molar-refractivity contribution in [2.45, 2.75) is 122 Å². The van der Waals surface area contributed by atoms with Crippen LogP contribution in [0.4, 0.5) is 0 Å². The summed E-state index contributed by atoms with van der Waals surface area (Å²) in [5.41, 5.74) is 0. The molecule has 0 radical (unpaired) electrons. The highest BCUT2D eigenvalue weighted by molar-refractivity contribution is 6.63. The van der Waals surface area contributed by atoms with E-state index in [-0.39, 0.29) is 5.24 Å². The molecule has 0 bridgehead atoms. The molecule has 0 aromatic rings. The topological polar surface area (TPSA) is 17.1 Å². The minimum absolute atomic E-state index is 0.184. The molecule has 0 saturated heterocycles. The molecule has 0 rings (SSSR count). The van der Waals surface area contributed by atoms with Crippen molar-refractivity contribution in [3.05, 3.63) is 12.2 Å².